The number of anilines is 2. The summed E-state index contributed by atoms with van der Waals surface area (Å²) in [6.45, 7) is 2.24. The highest BCUT2D eigenvalue weighted by Crippen LogP contribution is 2.46. The Morgan fingerprint density at radius 1 is 1.00 bits per heavy atom. The lowest BCUT2D eigenvalue weighted by Crippen LogP contribution is -2.22. The Kier molecular flexibility index (Phi) is 6.30. The number of halogens is 1. The maximum Gasteiger partial charge on any atom is 0.0985 e. The molecule has 0 bridgehead atoms. The molecule has 0 aromatic heterocycles. The summed E-state index contributed by atoms with van der Waals surface area (Å²) in [6, 6.07) is 17.3. The lowest BCUT2D eigenvalue weighted by molar-refractivity contribution is 0.971. The Morgan fingerprint density at radius 3 is 2.31 bits per heavy atom. The van der Waals surface area contributed by atoms with E-state index in [0.29, 0.717) is 5.37 Å². The highest BCUT2D eigenvalue weighted by atomic mass is 127. The summed E-state index contributed by atoms with van der Waals surface area (Å²) in [7, 11) is 4.34. The number of benzene rings is 2. The number of fused-ring (bicyclic) bond motifs is 2. The minimum atomic E-state index is 0. The molecule has 5 heteroatoms. The summed E-state index contributed by atoms with van der Waals surface area (Å²) in [4.78, 5) is 7.37. The van der Waals surface area contributed by atoms with Crippen molar-refractivity contribution in [3.05, 3.63) is 71.3 Å². The van der Waals surface area contributed by atoms with Crippen LogP contribution in [0.2, 0.25) is 0 Å². The van der Waals surface area contributed by atoms with Gasteiger partial charge < -0.3 is 9.80 Å². The van der Waals surface area contributed by atoms with Gasteiger partial charge in [0.1, 0.15) is 0 Å². The molecule has 2 aliphatic heterocycles. The van der Waals surface area contributed by atoms with Crippen LogP contribution in [-0.4, -0.2) is 19.5 Å². The van der Waals surface area contributed by atoms with Gasteiger partial charge in [0.2, 0.25) is 0 Å². The van der Waals surface area contributed by atoms with Crippen molar-refractivity contribution in [2.24, 2.45) is 0 Å². The van der Waals surface area contributed by atoms with Crippen molar-refractivity contribution in [3.8, 4) is 0 Å². The number of rotatable bonds is 3. The Balaban J connectivity index is 0.00000196. The van der Waals surface area contributed by atoms with Gasteiger partial charge in [0, 0.05) is 23.9 Å². The lowest BCUT2D eigenvalue weighted by Gasteiger charge is -2.20. The van der Waals surface area contributed by atoms with Gasteiger partial charge in [-0.2, -0.15) is 0 Å². The molecule has 136 valence electrons. The highest BCUT2D eigenvalue weighted by molar-refractivity contribution is 14.0. The minimum absolute atomic E-state index is 0. The molecule has 1 unspecified atom stereocenters. The van der Waals surface area contributed by atoms with Crippen molar-refractivity contribution in [1.29, 1.82) is 0 Å². The van der Waals surface area contributed by atoms with Crippen LogP contribution in [0.5, 0.6) is 0 Å². The molecule has 1 atom stereocenters. The topological polar surface area (TPSA) is 6.48 Å². The van der Waals surface area contributed by atoms with E-state index in [1.54, 1.807) is 0 Å². The molecular weight excluding hydrogens is 471 g/mol. The smallest absolute Gasteiger partial charge is 0.0985 e. The van der Waals surface area contributed by atoms with E-state index in [4.69, 9.17) is 0 Å². The molecule has 2 aromatic carbocycles. The zero-order valence-corrected chi connectivity index (χ0v) is 19.1. The minimum Gasteiger partial charge on any atom is -0.358 e. The molecule has 2 aliphatic rings. The Morgan fingerprint density at radius 2 is 1.65 bits per heavy atom. The summed E-state index contributed by atoms with van der Waals surface area (Å²) in [5.74, 6) is 0. The molecule has 0 aliphatic carbocycles. The third-order valence-corrected chi connectivity index (χ3v) is 7.18. The van der Waals surface area contributed by atoms with Gasteiger partial charge in [-0.1, -0.05) is 54.7 Å². The van der Waals surface area contributed by atoms with Gasteiger partial charge in [-0.15, -0.1) is 24.0 Å². The molecule has 0 saturated carbocycles. The Labute approximate surface area is 181 Å². The molecule has 26 heavy (non-hydrogen) atoms. The van der Waals surface area contributed by atoms with Crippen LogP contribution in [0.25, 0.3) is 0 Å². The Hall–Kier alpha value is -1.05. The summed E-state index contributed by atoms with van der Waals surface area (Å²) in [6.07, 6.45) is 5.80. The van der Waals surface area contributed by atoms with E-state index in [-0.39, 0.29) is 24.0 Å². The monoisotopic (exact) mass is 494 g/mol. The van der Waals surface area contributed by atoms with Crippen molar-refractivity contribution in [1.82, 2.24) is 0 Å². The number of hydrogen-bond acceptors (Lipinski definition) is 4. The van der Waals surface area contributed by atoms with Crippen LogP contribution in [-0.2, 0) is 0 Å². The number of hydrogen-bond donors (Lipinski definition) is 0. The first-order chi connectivity index (χ1) is 12.2. The quantitative estimate of drug-likeness (QED) is 0.444. The van der Waals surface area contributed by atoms with Gasteiger partial charge in [0.15, 0.2) is 0 Å². The van der Waals surface area contributed by atoms with Gasteiger partial charge in [0.05, 0.1) is 21.8 Å². The molecule has 0 spiro atoms. The van der Waals surface area contributed by atoms with Gasteiger partial charge in [-0.3, -0.25) is 0 Å². The molecule has 2 aromatic rings. The lowest BCUT2D eigenvalue weighted by atomic mass is 10.1. The SMILES string of the molecule is CCC(/C=C1\Sc2ccccc2N1C)=C\C1Sc2ccccc2N1C.I. The van der Waals surface area contributed by atoms with Gasteiger partial charge in [0.25, 0.3) is 0 Å². The molecule has 4 rings (SSSR count). The van der Waals surface area contributed by atoms with E-state index in [9.17, 15) is 0 Å². The van der Waals surface area contributed by atoms with Crippen LogP contribution < -0.4 is 9.80 Å². The molecule has 0 saturated heterocycles. The first-order valence-electron chi connectivity index (χ1n) is 8.59. The van der Waals surface area contributed by atoms with E-state index in [1.165, 1.54) is 31.8 Å². The van der Waals surface area contributed by atoms with Crippen molar-refractivity contribution in [3.63, 3.8) is 0 Å². The number of thioether (sulfide) groups is 2. The maximum absolute atomic E-state index is 2.41. The van der Waals surface area contributed by atoms with Crippen molar-refractivity contribution < 1.29 is 0 Å². The van der Waals surface area contributed by atoms with Crippen LogP contribution in [0.3, 0.4) is 0 Å². The van der Waals surface area contributed by atoms with Crippen LogP contribution in [0.15, 0.2) is 81.1 Å². The molecule has 2 heterocycles. The molecule has 0 amide bonds. The van der Waals surface area contributed by atoms with Gasteiger partial charge >= 0.3 is 0 Å². The molecule has 0 radical (unpaired) electrons. The fourth-order valence-electron chi connectivity index (χ4n) is 3.20. The molecular formula is C21H23IN2S2. The Bertz CT molecular complexity index is 863. The number of para-hydroxylation sites is 2. The van der Waals surface area contributed by atoms with Crippen LogP contribution in [0, 0.1) is 0 Å². The fourth-order valence-corrected chi connectivity index (χ4v) is 5.59. The summed E-state index contributed by atoms with van der Waals surface area (Å²) < 4.78 is 0. The van der Waals surface area contributed by atoms with E-state index in [2.05, 4.69) is 91.5 Å². The number of likely N-dealkylation sites (N-methyl/N-ethyl adjacent to an activating group) is 1. The molecule has 0 fully saturated rings. The van der Waals surface area contributed by atoms with Gasteiger partial charge in [-0.25, -0.2) is 0 Å². The normalized spacial score (nSPS) is 20.2. The number of allylic oxidation sites excluding steroid dienone is 2. The standard InChI is InChI=1S/C21H22N2S2.HI/c1-4-15(13-20-22(2)16-9-5-7-11-18(16)24-20)14-21-23(3)17-10-6-8-12-19(17)25-21;/h5-14,20H,4H2,1-3H3;1H/b15-13+,21-14-;. The summed E-state index contributed by atoms with van der Waals surface area (Å²) in [5.41, 5.74) is 4.02. The number of nitrogens with zero attached hydrogens (tertiary/aromatic N) is 2. The molecule has 0 N–H and O–H groups in total. The first-order valence-corrected chi connectivity index (χ1v) is 10.3. The van der Waals surface area contributed by atoms with Crippen molar-refractivity contribution in [2.75, 3.05) is 23.9 Å². The van der Waals surface area contributed by atoms with Crippen molar-refractivity contribution >= 4 is 58.9 Å². The third kappa shape index (κ3) is 3.66. The molecule has 2 nitrogen and oxygen atoms in total. The predicted molar refractivity (Wildman–Crippen MR) is 127 cm³/mol. The van der Waals surface area contributed by atoms with E-state index < -0.39 is 0 Å². The van der Waals surface area contributed by atoms with Crippen LogP contribution >= 0.6 is 47.5 Å². The average Bonchev–Trinajstić information content (AvgIpc) is 3.12. The third-order valence-electron chi connectivity index (χ3n) is 4.72. The van der Waals surface area contributed by atoms with Crippen molar-refractivity contribution in [2.45, 2.75) is 28.5 Å². The van der Waals surface area contributed by atoms with Gasteiger partial charge in [-0.05, 0) is 48.4 Å². The fraction of sp³-hybridized carbons (Fsp3) is 0.238. The van der Waals surface area contributed by atoms with E-state index in [0.717, 1.165) is 6.42 Å². The summed E-state index contributed by atoms with van der Waals surface area (Å²) >= 11 is 3.79. The average molecular weight is 494 g/mol. The van der Waals surface area contributed by atoms with Crippen LogP contribution in [0.1, 0.15) is 13.3 Å². The predicted octanol–water partition coefficient (Wildman–Crippen LogP) is 6.59. The zero-order chi connectivity index (χ0) is 17.4. The second-order valence-corrected chi connectivity index (χ2v) is 8.51. The van der Waals surface area contributed by atoms with E-state index >= 15 is 0 Å². The second kappa shape index (κ2) is 8.31. The van der Waals surface area contributed by atoms with E-state index in [1.807, 2.05) is 23.5 Å². The highest BCUT2D eigenvalue weighted by Gasteiger charge is 2.26. The second-order valence-electron chi connectivity index (χ2n) is 6.29. The maximum atomic E-state index is 2.41. The summed E-state index contributed by atoms with van der Waals surface area (Å²) in [5, 5.41) is 1.67. The zero-order valence-electron chi connectivity index (χ0n) is 15.2. The largest absolute Gasteiger partial charge is 0.358 e. The first kappa shape index (κ1) is 19.7. The van der Waals surface area contributed by atoms with Crippen LogP contribution in [0.4, 0.5) is 11.4 Å².